The van der Waals surface area contributed by atoms with Crippen LogP contribution in [0.1, 0.15) is 30.6 Å². The number of nitrogens with zero attached hydrogens (tertiary/aromatic N) is 1. The molecule has 21 heavy (non-hydrogen) atoms. The van der Waals surface area contributed by atoms with Crippen LogP contribution < -0.4 is 0 Å². The maximum atomic E-state index is 13.6. The topological polar surface area (TPSA) is 20.3 Å². The van der Waals surface area contributed by atoms with Crippen molar-refractivity contribution in [3.05, 3.63) is 34.6 Å². The Kier molecular flexibility index (Phi) is 4.20. The number of hydrogen-bond acceptors (Lipinski definition) is 1. The molecule has 1 amide bonds. The van der Waals surface area contributed by atoms with Gasteiger partial charge in [-0.1, -0.05) is 13.8 Å². The third-order valence-corrected chi connectivity index (χ3v) is 3.58. The lowest BCUT2D eigenvalue weighted by Crippen LogP contribution is -2.43. The number of hydrogen-bond donors (Lipinski definition) is 0. The molecule has 1 heterocycles. The Morgan fingerprint density at radius 1 is 0.857 bits per heavy atom. The lowest BCUT2D eigenvalue weighted by molar-refractivity contribution is 0.0610. The number of benzene rings is 1. The van der Waals surface area contributed by atoms with Crippen LogP contribution in [0.5, 0.6) is 0 Å². The fraction of sp³-hybridized carbons (Fsp3) is 0.500. The Labute approximate surface area is 118 Å². The van der Waals surface area contributed by atoms with E-state index in [-0.39, 0.29) is 24.9 Å². The summed E-state index contributed by atoms with van der Waals surface area (Å²) in [4.78, 5) is 13.3. The molecule has 2 rings (SSSR count). The first-order valence-electron chi connectivity index (χ1n) is 6.54. The highest BCUT2D eigenvalue weighted by Gasteiger charge is 2.34. The molecule has 0 saturated carbocycles. The molecule has 1 aromatic carbocycles. The largest absolute Gasteiger partial charge is 0.338 e. The van der Waals surface area contributed by atoms with E-state index in [1.807, 2.05) is 13.8 Å². The van der Waals surface area contributed by atoms with Crippen molar-refractivity contribution in [2.75, 3.05) is 13.1 Å². The van der Waals surface area contributed by atoms with Crippen molar-refractivity contribution in [3.8, 4) is 0 Å². The van der Waals surface area contributed by atoms with Gasteiger partial charge in [-0.15, -0.1) is 0 Å². The van der Waals surface area contributed by atoms with Crippen molar-refractivity contribution in [1.29, 1.82) is 0 Å². The van der Waals surface area contributed by atoms with E-state index >= 15 is 0 Å². The van der Waals surface area contributed by atoms with Gasteiger partial charge in [-0.25, -0.2) is 22.0 Å². The highest BCUT2D eigenvalue weighted by molar-refractivity contribution is 5.95. The van der Waals surface area contributed by atoms with Gasteiger partial charge in [-0.2, -0.15) is 0 Å². The van der Waals surface area contributed by atoms with Gasteiger partial charge in [-0.3, -0.25) is 4.79 Å². The zero-order valence-corrected chi connectivity index (χ0v) is 11.5. The summed E-state index contributed by atoms with van der Waals surface area (Å²) in [5.41, 5.74) is -1.38. The minimum absolute atomic E-state index is 0.0963. The van der Waals surface area contributed by atoms with Gasteiger partial charge in [0, 0.05) is 13.1 Å². The van der Waals surface area contributed by atoms with Gasteiger partial charge in [0.25, 0.3) is 5.91 Å². The number of carbonyl (C=O) groups excluding carboxylic acids is 1. The molecule has 1 fully saturated rings. The number of rotatable bonds is 1. The fourth-order valence-corrected chi connectivity index (χ4v) is 2.78. The Morgan fingerprint density at radius 3 is 1.67 bits per heavy atom. The third-order valence-electron chi connectivity index (χ3n) is 3.58. The number of piperidine rings is 1. The number of likely N-dealkylation sites (tertiary alicyclic amines) is 1. The standard InChI is InChI=1S/C14H14F5NO/c1-6-3-7(2)5-20(4-6)14(21)8-9(15)11(17)13(19)12(18)10(8)16/h6-7H,3-5H2,1-2H3/t6-,7-/m1/s1. The molecule has 0 radical (unpaired) electrons. The maximum absolute atomic E-state index is 13.6. The first-order chi connectivity index (χ1) is 9.73. The van der Waals surface area contributed by atoms with Crippen LogP contribution in [0.3, 0.4) is 0 Å². The molecule has 1 aliphatic heterocycles. The molecule has 0 unspecified atom stereocenters. The summed E-state index contributed by atoms with van der Waals surface area (Å²) in [7, 11) is 0. The lowest BCUT2D eigenvalue weighted by atomic mass is 9.91. The molecule has 116 valence electrons. The number of halogens is 5. The van der Waals surface area contributed by atoms with E-state index < -0.39 is 40.6 Å². The molecule has 0 spiro atoms. The van der Waals surface area contributed by atoms with Gasteiger partial charge in [0.1, 0.15) is 5.56 Å². The quantitative estimate of drug-likeness (QED) is 0.442. The maximum Gasteiger partial charge on any atom is 0.260 e. The Morgan fingerprint density at radius 2 is 1.24 bits per heavy atom. The van der Waals surface area contributed by atoms with Crippen LogP contribution in [0.2, 0.25) is 0 Å². The van der Waals surface area contributed by atoms with E-state index in [2.05, 4.69) is 0 Å². The number of amides is 1. The van der Waals surface area contributed by atoms with Crippen molar-refractivity contribution in [2.45, 2.75) is 20.3 Å². The van der Waals surface area contributed by atoms with E-state index in [0.717, 1.165) is 11.3 Å². The third kappa shape index (κ3) is 2.73. The fourth-order valence-electron chi connectivity index (χ4n) is 2.78. The summed E-state index contributed by atoms with van der Waals surface area (Å²) < 4.78 is 66.5. The van der Waals surface area contributed by atoms with Crippen LogP contribution in [-0.2, 0) is 0 Å². The highest BCUT2D eigenvalue weighted by Crippen LogP contribution is 2.27. The first-order valence-corrected chi connectivity index (χ1v) is 6.54. The summed E-state index contributed by atoms with van der Waals surface area (Å²) in [6.07, 6.45) is 0.834. The van der Waals surface area contributed by atoms with E-state index in [0.29, 0.717) is 0 Å². The molecule has 0 bridgehead atoms. The van der Waals surface area contributed by atoms with E-state index in [4.69, 9.17) is 0 Å². The van der Waals surface area contributed by atoms with Crippen LogP contribution >= 0.6 is 0 Å². The van der Waals surface area contributed by atoms with Crippen molar-refractivity contribution >= 4 is 5.91 Å². The van der Waals surface area contributed by atoms with Crippen LogP contribution in [0.25, 0.3) is 0 Å². The second-order valence-electron chi connectivity index (χ2n) is 5.60. The molecular weight excluding hydrogens is 293 g/mol. The lowest BCUT2D eigenvalue weighted by Gasteiger charge is -2.35. The second kappa shape index (κ2) is 5.61. The van der Waals surface area contributed by atoms with Gasteiger partial charge < -0.3 is 4.90 Å². The smallest absolute Gasteiger partial charge is 0.260 e. The molecule has 2 nitrogen and oxygen atoms in total. The zero-order chi connectivity index (χ0) is 15.9. The van der Waals surface area contributed by atoms with Crippen molar-refractivity contribution in [1.82, 2.24) is 4.90 Å². The second-order valence-corrected chi connectivity index (χ2v) is 5.60. The average molecular weight is 307 g/mol. The van der Waals surface area contributed by atoms with Gasteiger partial charge in [0.05, 0.1) is 0 Å². The molecule has 1 aromatic rings. The molecular formula is C14H14F5NO. The van der Waals surface area contributed by atoms with Crippen LogP contribution in [0.15, 0.2) is 0 Å². The predicted octanol–water partition coefficient (Wildman–Crippen LogP) is 3.50. The molecule has 1 saturated heterocycles. The van der Waals surface area contributed by atoms with Crippen molar-refractivity contribution < 1.29 is 26.7 Å². The van der Waals surface area contributed by atoms with E-state index in [1.54, 1.807) is 0 Å². The minimum Gasteiger partial charge on any atom is -0.338 e. The van der Waals surface area contributed by atoms with Gasteiger partial charge in [0.2, 0.25) is 5.82 Å². The number of carbonyl (C=O) groups is 1. The zero-order valence-electron chi connectivity index (χ0n) is 11.5. The van der Waals surface area contributed by atoms with E-state index in [1.165, 1.54) is 0 Å². The van der Waals surface area contributed by atoms with Gasteiger partial charge in [0.15, 0.2) is 23.3 Å². The molecule has 1 aliphatic rings. The van der Waals surface area contributed by atoms with Gasteiger partial charge >= 0.3 is 0 Å². The molecule has 2 atom stereocenters. The summed E-state index contributed by atoms with van der Waals surface area (Å²) in [6, 6.07) is 0. The monoisotopic (exact) mass is 307 g/mol. The summed E-state index contributed by atoms with van der Waals surface area (Å²) in [5, 5.41) is 0. The Bertz CT molecular complexity index is 550. The summed E-state index contributed by atoms with van der Waals surface area (Å²) in [6.45, 7) is 4.16. The molecule has 7 heteroatoms. The van der Waals surface area contributed by atoms with Gasteiger partial charge in [-0.05, 0) is 18.3 Å². The van der Waals surface area contributed by atoms with Crippen LogP contribution in [-0.4, -0.2) is 23.9 Å². The minimum atomic E-state index is -2.26. The van der Waals surface area contributed by atoms with Crippen LogP contribution in [0.4, 0.5) is 22.0 Å². The SMILES string of the molecule is C[C@@H]1C[C@@H](C)CN(C(=O)c2c(F)c(F)c(F)c(F)c2F)C1. The predicted molar refractivity (Wildman–Crippen MR) is 65.1 cm³/mol. The van der Waals surface area contributed by atoms with E-state index in [9.17, 15) is 26.7 Å². The first kappa shape index (κ1) is 15.7. The normalized spacial score (nSPS) is 22.5. The summed E-state index contributed by atoms with van der Waals surface area (Å²) >= 11 is 0. The Hall–Kier alpha value is -1.66. The molecule has 0 aliphatic carbocycles. The molecule has 0 aromatic heterocycles. The molecule has 0 N–H and O–H groups in total. The highest BCUT2D eigenvalue weighted by atomic mass is 19.2. The van der Waals surface area contributed by atoms with Crippen molar-refractivity contribution in [2.24, 2.45) is 11.8 Å². The Balaban J connectivity index is 2.44. The average Bonchev–Trinajstić information content (AvgIpc) is 2.42. The summed E-state index contributed by atoms with van der Waals surface area (Å²) in [5.74, 6) is -11.6. The van der Waals surface area contributed by atoms with Crippen molar-refractivity contribution in [3.63, 3.8) is 0 Å². The van der Waals surface area contributed by atoms with Crippen LogP contribution in [0, 0.1) is 40.9 Å².